The SMILES string of the molecule is COc1ccc(N=C2NC(=O)/C(=C\c3cc(Cl)c(OCc4ccc(I)cc4)c(Br)c3)S2)cc1. The average Bonchev–Trinajstić information content (AvgIpc) is 3.13. The quantitative estimate of drug-likeness (QED) is 0.226. The molecule has 4 rings (SSSR count). The van der Waals surface area contributed by atoms with Crippen molar-refractivity contribution in [2.75, 3.05) is 7.11 Å². The van der Waals surface area contributed by atoms with Crippen LogP contribution in [0.15, 0.2) is 75.0 Å². The van der Waals surface area contributed by atoms with E-state index in [0.717, 1.165) is 22.6 Å². The molecule has 0 aliphatic carbocycles. The smallest absolute Gasteiger partial charge is 0.264 e. The molecule has 1 amide bonds. The molecule has 1 N–H and O–H groups in total. The molecule has 1 saturated heterocycles. The van der Waals surface area contributed by atoms with E-state index in [-0.39, 0.29) is 5.91 Å². The van der Waals surface area contributed by atoms with Crippen molar-refractivity contribution in [3.63, 3.8) is 0 Å². The van der Waals surface area contributed by atoms with Crippen LogP contribution in [0.5, 0.6) is 11.5 Å². The number of benzene rings is 3. The van der Waals surface area contributed by atoms with Crippen molar-refractivity contribution in [1.29, 1.82) is 0 Å². The summed E-state index contributed by atoms with van der Waals surface area (Å²) in [6.07, 6.45) is 1.77. The van der Waals surface area contributed by atoms with Gasteiger partial charge in [0.2, 0.25) is 0 Å². The predicted molar refractivity (Wildman–Crippen MR) is 146 cm³/mol. The van der Waals surface area contributed by atoms with Gasteiger partial charge in [0.25, 0.3) is 5.91 Å². The van der Waals surface area contributed by atoms with Crippen LogP contribution >= 0.6 is 61.9 Å². The molecule has 1 aliphatic rings. The minimum Gasteiger partial charge on any atom is -0.497 e. The molecule has 1 heterocycles. The fourth-order valence-corrected chi connectivity index (χ4v) is 5.13. The Kier molecular flexibility index (Phi) is 8.00. The van der Waals surface area contributed by atoms with Gasteiger partial charge in [0, 0.05) is 3.57 Å². The van der Waals surface area contributed by atoms with Gasteiger partial charge < -0.3 is 14.8 Å². The van der Waals surface area contributed by atoms with Crippen LogP contribution in [0.1, 0.15) is 11.1 Å². The molecule has 0 bridgehead atoms. The minimum absolute atomic E-state index is 0.210. The molecule has 3 aromatic rings. The topological polar surface area (TPSA) is 59.9 Å². The molecular weight excluding hydrogens is 639 g/mol. The van der Waals surface area contributed by atoms with Gasteiger partial charge in [-0.25, -0.2) is 4.99 Å². The summed E-state index contributed by atoms with van der Waals surface area (Å²) in [5.41, 5.74) is 2.55. The number of carbonyl (C=O) groups is 1. The number of ether oxygens (including phenoxy) is 2. The zero-order chi connectivity index (χ0) is 23.4. The minimum atomic E-state index is -0.210. The normalized spacial score (nSPS) is 15.7. The largest absolute Gasteiger partial charge is 0.497 e. The van der Waals surface area contributed by atoms with Gasteiger partial charge in [-0.3, -0.25) is 4.79 Å². The van der Waals surface area contributed by atoms with Crippen LogP contribution in [0.4, 0.5) is 5.69 Å². The molecule has 1 aliphatic heterocycles. The van der Waals surface area contributed by atoms with E-state index in [1.807, 2.05) is 54.6 Å². The molecular formula is C24H17BrClIN2O3S. The molecule has 0 spiro atoms. The van der Waals surface area contributed by atoms with Crippen LogP contribution in [-0.4, -0.2) is 18.2 Å². The molecule has 0 radical (unpaired) electrons. The van der Waals surface area contributed by atoms with Crippen LogP contribution in [0.25, 0.3) is 6.08 Å². The van der Waals surface area contributed by atoms with Crippen LogP contribution in [0.3, 0.4) is 0 Å². The highest BCUT2D eigenvalue weighted by molar-refractivity contribution is 14.1. The van der Waals surface area contributed by atoms with Gasteiger partial charge >= 0.3 is 0 Å². The summed E-state index contributed by atoms with van der Waals surface area (Å²) >= 11 is 13.6. The van der Waals surface area contributed by atoms with Gasteiger partial charge in [-0.1, -0.05) is 23.7 Å². The monoisotopic (exact) mass is 654 g/mol. The number of amidine groups is 1. The first-order valence-corrected chi connectivity index (χ1v) is 12.8. The van der Waals surface area contributed by atoms with Crippen LogP contribution in [-0.2, 0) is 11.4 Å². The third-order valence-electron chi connectivity index (χ3n) is 4.57. The summed E-state index contributed by atoms with van der Waals surface area (Å²) in [5, 5.41) is 3.76. The Morgan fingerprint density at radius 2 is 1.88 bits per heavy atom. The van der Waals surface area contributed by atoms with E-state index in [1.54, 1.807) is 19.3 Å². The maximum absolute atomic E-state index is 12.4. The number of thioether (sulfide) groups is 1. The van der Waals surface area contributed by atoms with Gasteiger partial charge in [0.05, 0.1) is 27.2 Å². The summed E-state index contributed by atoms with van der Waals surface area (Å²) in [5.74, 6) is 1.09. The number of aliphatic imine (C=N–C) groups is 1. The van der Waals surface area contributed by atoms with Crippen LogP contribution < -0.4 is 14.8 Å². The van der Waals surface area contributed by atoms with E-state index in [9.17, 15) is 4.79 Å². The highest BCUT2D eigenvalue weighted by atomic mass is 127. The van der Waals surface area contributed by atoms with Crippen molar-refractivity contribution in [3.8, 4) is 11.5 Å². The number of nitrogens with zero attached hydrogens (tertiary/aromatic N) is 1. The van der Waals surface area contributed by atoms with Gasteiger partial charge in [0.1, 0.15) is 12.4 Å². The lowest BCUT2D eigenvalue weighted by atomic mass is 10.2. The number of hydrogen-bond acceptors (Lipinski definition) is 5. The average molecular weight is 656 g/mol. The van der Waals surface area contributed by atoms with Crippen molar-refractivity contribution in [2.45, 2.75) is 6.61 Å². The maximum Gasteiger partial charge on any atom is 0.264 e. The van der Waals surface area contributed by atoms with E-state index >= 15 is 0 Å². The zero-order valence-electron chi connectivity index (χ0n) is 17.3. The third-order valence-corrected chi connectivity index (χ3v) is 7.07. The van der Waals surface area contributed by atoms with Crippen molar-refractivity contribution in [2.24, 2.45) is 4.99 Å². The van der Waals surface area contributed by atoms with Gasteiger partial charge in [-0.2, -0.15) is 0 Å². The van der Waals surface area contributed by atoms with E-state index in [2.05, 4.69) is 48.8 Å². The number of carbonyl (C=O) groups excluding carboxylic acids is 1. The second kappa shape index (κ2) is 10.9. The standard InChI is InChI=1S/C24H17BrClIN2O3S/c1-31-18-8-6-17(7-9-18)28-24-29-23(30)21(33-24)12-15-10-19(25)22(20(26)11-15)32-13-14-2-4-16(27)5-3-14/h2-12H,13H2,1H3,(H,28,29,30)/b21-12+. The number of hydrogen-bond donors (Lipinski definition) is 1. The second-order valence-electron chi connectivity index (χ2n) is 6.91. The summed E-state index contributed by atoms with van der Waals surface area (Å²) in [4.78, 5) is 17.4. The first kappa shape index (κ1) is 24.1. The Labute approximate surface area is 222 Å². The lowest BCUT2D eigenvalue weighted by Crippen LogP contribution is -2.19. The molecule has 0 saturated carbocycles. The Hall–Kier alpha value is -2.01. The number of amides is 1. The van der Waals surface area contributed by atoms with E-state index in [1.165, 1.54) is 15.3 Å². The lowest BCUT2D eigenvalue weighted by molar-refractivity contribution is -0.115. The Morgan fingerprint density at radius 3 is 2.55 bits per heavy atom. The number of methoxy groups -OCH3 is 1. The Morgan fingerprint density at radius 1 is 1.15 bits per heavy atom. The molecule has 5 nitrogen and oxygen atoms in total. The summed E-state index contributed by atoms with van der Waals surface area (Å²) in [7, 11) is 1.61. The third kappa shape index (κ3) is 6.32. The summed E-state index contributed by atoms with van der Waals surface area (Å²) in [6, 6.07) is 19.0. The van der Waals surface area contributed by atoms with Gasteiger partial charge in [-0.05, 0) is 116 Å². The van der Waals surface area contributed by atoms with E-state index < -0.39 is 0 Å². The Balaban J connectivity index is 1.48. The zero-order valence-corrected chi connectivity index (χ0v) is 22.6. The van der Waals surface area contributed by atoms with E-state index in [0.29, 0.717) is 31.9 Å². The van der Waals surface area contributed by atoms with Crippen molar-refractivity contribution in [1.82, 2.24) is 5.32 Å². The fourth-order valence-electron chi connectivity index (χ4n) is 2.94. The van der Waals surface area contributed by atoms with Crippen LogP contribution in [0, 0.1) is 3.57 Å². The van der Waals surface area contributed by atoms with Gasteiger partial charge in [-0.15, -0.1) is 0 Å². The molecule has 1 fully saturated rings. The van der Waals surface area contributed by atoms with Crippen molar-refractivity contribution < 1.29 is 14.3 Å². The maximum atomic E-state index is 12.4. The van der Waals surface area contributed by atoms with Crippen molar-refractivity contribution >= 4 is 84.7 Å². The van der Waals surface area contributed by atoms with Crippen LogP contribution in [0.2, 0.25) is 5.02 Å². The molecule has 0 aromatic heterocycles. The number of halogens is 3. The molecule has 33 heavy (non-hydrogen) atoms. The first-order chi connectivity index (χ1) is 15.9. The highest BCUT2D eigenvalue weighted by Crippen LogP contribution is 2.37. The Bertz CT molecular complexity index is 1220. The molecule has 9 heteroatoms. The number of nitrogens with one attached hydrogen (secondary N) is 1. The molecule has 0 atom stereocenters. The molecule has 0 unspecified atom stereocenters. The first-order valence-electron chi connectivity index (χ1n) is 9.71. The summed E-state index contributed by atoms with van der Waals surface area (Å²) < 4.78 is 13.0. The second-order valence-corrected chi connectivity index (χ2v) is 10.4. The highest BCUT2D eigenvalue weighted by Gasteiger charge is 2.24. The fraction of sp³-hybridized carbons (Fsp3) is 0.0833. The molecule has 168 valence electrons. The predicted octanol–water partition coefficient (Wildman–Crippen LogP) is 7.19. The van der Waals surface area contributed by atoms with Crippen molar-refractivity contribution in [3.05, 3.63) is 89.8 Å². The summed E-state index contributed by atoms with van der Waals surface area (Å²) in [6.45, 7) is 0.402. The number of rotatable bonds is 6. The van der Waals surface area contributed by atoms with Gasteiger partial charge in [0.15, 0.2) is 10.9 Å². The lowest BCUT2D eigenvalue weighted by Gasteiger charge is -2.11. The molecule has 3 aromatic carbocycles. The van der Waals surface area contributed by atoms with E-state index in [4.69, 9.17) is 21.1 Å².